The molecule has 0 atom stereocenters. The highest BCUT2D eigenvalue weighted by Crippen LogP contribution is 2.34. The SMILES string of the molecule is CCCN(Cc1c(-c2ccccc2)nn(C)c1Oc1ccccc1)C(=O)C(C)C. The minimum Gasteiger partial charge on any atom is -0.439 e. The van der Waals surface area contributed by atoms with E-state index in [1.54, 1.807) is 4.68 Å². The van der Waals surface area contributed by atoms with Gasteiger partial charge in [-0.3, -0.25) is 4.79 Å². The maximum absolute atomic E-state index is 12.8. The van der Waals surface area contributed by atoms with Crippen LogP contribution < -0.4 is 4.74 Å². The van der Waals surface area contributed by atoms with Crippen LogP contribution in [0.4, 0.5) is 0 Å². The molecule has 0 unspecified atom stereocenters. The highest BCUT2D eigenvalue weighted by atomic mass is 16.5. The molecule has 5 nitrogen and oxygen atoms in total. The highest BCUT2D eigenvalue weighted by Gasteiger charge is 2.25. The lowest BCUT2D eigenvalue weighted by molar-refractivity contribution is -0.135. The van der Waals surface area contributed by atoms with Crippen molar-refractivity contribution in [3.8, 4) is 22.9 Å². The van der Waals surface area contributed by atoms with Crippen LogP contribution in [0.15, 0.2) is 60.7 Å². The van der Waals surface area contributed by atoms with Crippen molar-refractivity contribution in [2.24, 2.45) is 13.0 Å². The van der Waals surface area contributed by atoms with Crippen molar-refractivity contribution in [3.05, 3.63) is 66.2 Å². The summed E-state index contributed by atoms with van der Waals surface area (Å²) >= 11 is 0. The number of aryl methyl sites for hydroxylation is 1. The quantitative estimate of drug-likeness (QED) is 0.525. The molecule has 152 valence electrons. The molecule has 0 aliphatic carbocycles. The Morgan fingerprint density at radius 1 is 1.07 bits per heavy atom. The highest BCUT2D eigenvalue weighted by molar-refractivity contribution is 5.78. The number of amides is 1. The number of aromatic nitrogens is 2. The van der Waals surface area contributed by atoms with Gasteiger partial charge in [-0.15, -0.1) is 0 Å². The van der Waals surface area contributed by atoms with Crippen LogP contribution in [0.3, 0.4) is 0 Å². The largest absolute Gasteiger partial charge is 0.439 e. The van der Waals surface area contributed by atoms with Crippen molar-refractivity contribution in [1.29, 1.82) is 0 Å². The van der Waals surface area contributed by atoms with Gasteiger partial charge in [-0.2, -0.15) is 5.10 Å². The number of hydrogen-bond donors (Lipinski definition) is 0. The van der Waals surface area contributed by atoms with Crippen molar-refractivity contribution in [2.45, 2.75) is 33.7 Å². The van der Waals surface area contributed by atoms with E-state index < -0.39 is 0 Å². The Balaban J connectivity index is 2.06. The van der Waals surface area contributed by atoms with Gasteiger partial charge < -0.3 is 9.64 Å². The molecule has 0 radical (unpaired) electrons. The molecular formula is C24H29N3O2. The Bertz CT molecular complexity index is 934. The first-order valence-corrected chi connectivity index (χ1v) is 10.1. The summed E-state index contributed by atoms with van der Waals surface area (Å²) in [5.74, 6) is 1.48. The van der Waals surface area contributed by atoms with E-state index in [2.05, 4.69) is 6.92 Å². The van der Waals surface area contributed by atoms with Crippen LogP contribution in [-0.4, -0.2) is 27.1 Å². The molecule has 0 bridgehead atoms. The summed E-state index contributed by atoms with van der Waals surface area (Å²) in [6, 6.07) is 19.7. The van der Waals surface area contributed by atoms with E-state index in [0.29, 0.717) is 19.0 Å². The number of benzene rings is 2. The van der Waals surface area contributed by atoms with Crippen molar-refractivity contribution in [2.75, 3.05) is 6.54 Å². The van der Waals surface area contributed by atoms with Crippen LogP contribution in [0.25, 0.3) is 11.3 Å². The van der Waals surface area contributed by atoms with Gasteiger partial charge in [-0.25, -0.2) is 4.68 Å². The van der Waals surface area contributed by atoms with E-state index in [4.69, 9.17) is 9.84 Å². The average molecular weight is 392 g/mol. The van der Waals surface area contributed by atoms with Crippen molar-refractivity contribution >= 4 is 5.91 Å². The van der Waals surface area contributed by atoms with Crippen LogP contribution in [0.5, 0.6) is 11.6 Å². The second-order valence-corrected chi connectivity index (χ2v) is 7.45. The van der Waals surface area contributed by atoms with Gasteiger partial charge in [0.1, 0.15) is 11.4 Å². The summed E-state index contributed by atoms with van der Waals surface area (Å²) in [5, 5.41) is 4.75. The molecule has 1 aromatic heterocycles. The van der Waals surface area contributed by atoms with Crippen molar-refractivity contribution in [1.82, 2.24) is 14.7 Å². The molecule has 0 aliphatic heterocycles. The van der Waals surface area contributed by atoms with Crippen LogP contribution in [0, 0.1) is 5.92 Å². The van der Waals surface area contributed by atoms with Gasteiger partial charge in [-0.05, 0) is 18.6 Å². The van der Waals surface area contributed by atoms with Gasteiger partial charge in [0.2, 0.25) is 11.8 Å². The molecule has 29 heavy (non-hydrogen) atoms. The topological polar surface area (TPSA) is 47.4 Å². The average Bonchev–Trinajstić information content (AvgIpc) is 3.04. The van der Waals surface area contributed by atoms with Gasteiger partial charge in [-0.1, -0.05) is 69.3 Å². The van der Waals surface area contributed by atoms with E-state index in [9.17, 15) is 4.79 Å². The number of carbonyl (C=O) groups is 1. The molecule has 0 fully saturated rings. The molecule has 0 saturated carbocycles. The van der Waals surface area contributed by atoms with Crippen molar-refractivity contribution < 1.29 is 9.53 Å². The monoisotopic (exact) mass is 391 g/mol. The number of hydrogen-bond acceptors (Lipinski definition) is 3. The summed E-state index contributed by atoms with van der Waals surface area (Å²) in [5.41, 5.74) is 2.77. The summed E-state index contributed by atoms with van der Waals surface area (Å²) in [7, 11) is 1.88. The molecule has 3 rings (SSSR count). The lowest BCUT2D eigenvalue weighted by atomic mass is 10.1. The summed E-state index contributed by atoms with van der Waals surface area (Å²) in [4.78, 5) is 14.7. The normalized spacial score (nSPS) is 10.9. The second kappa shape index (κ2) is 9.41. The molecule has 3 aromatic rings. The van der Waals surface area contributed by atoms with Gasteiger partial charge in [0.25, 0.3) is 0 Å². The molecular weight excluding hydrogens is 362 g/mol. The van der Waals surface area contributed by atoms with E-state index >= 15 is 0 Å². The minimum absolute atomic E-state index is 0.0584. The fraction of sp³-hybridized carbons (Fsp3) is 0.333. The Hall–Kier alpha value is -3.08. The smallest absolute Gasteiger partial charge is 0.225 e. The number of nitrogens with zero attached hydrogens (tertiary/aromatic N) is 3. The first-order chi connectivity index (χ1) is 14.0. The molecule has 2 aromatic carbocycles. The van der Waals surface area contributed by atoms with Crippen LogP contribution in [0.2, 0.25) is 0 Å². The fourth-order valence-electron chi connectivity index (χ4n) is 3.34. The fourth-order valence-corrected chi connectivity index (χ4v) is 3.34. The van der Waals surface area contributed by atoms with Crippen molar-refractivity contribution in [3.63, 3.8) is 0 Å². The number of carbonyl (C=O) groups excluding carboxylic acids is 1. The predicted octanol–water partition coefficient (Wildman–Crippen LogP) is 5.27. The minimum atomic E-state index is -0.0584. The van der Waals surface area contributed by atoms with E-state index in [1.165, 1.54) is 0 Å². The second-order valence-electron chi connectivity index (χ2n) is 7.45. The lowest BCUT2D eigenvalue weighted by Crippen LogP contribution is -2.34. The Labute approximate surface area is 172 Å². The molecule has 0 N–H and O–H groups in total. The van der Waals surface area contributed by atoms with E-state index in [1.807, 2.05) is 86.5 Å². The predicted molar refractivity (Wildman–Crippen MR) is 116 cm³/mol. The van der Waals surface area contributed by atoms with Gasteiger partial charge in [0.05, 0.1) is 12.1 Å². The maximum atomic E-state index is 12.8. The Morgan fingerprint density at radius 2 is 1.69 bits per heavy atom. The van der Waals surface area contributed by atoms with Crippen LogP contribution in [0.1, 0.15) is 32.8 Å². The van der Waals surface area contributed by atoms with Crippen LogP contribution in [-0.2, 0) is 18.4 Å². The Morgan fingerprint density at radius 3 is 2.28 bits per heavy atom. The van der Waals surface area contributed by atoms with E-state index in [0.717, 1.165) is 29.0 Å². The molecule has 1 amide bonds. The summed E-state index contributed by atoms with van der Waals surface area (Å²) in [6.07, 6.45) is 0.897. The molecule has 0 aliphatic rings. The first-order valence-electron chi connectivity index (χ1n) is 10.1. The third kappa shape index (κ3) is 4.86. The lowest BCUT2D eigenvalue weighted by Gasteiger charge is -2.24. The van der Waals surface area contributed by atoms with Gasteiger partial charge in [0.15, 0.2) is 0 Å². The standard InChI is InChI=1S/C24H29N3O2/c1-5-16-27(23(28)18(2)3)17-21-22(19-12-8-6-9-13-19)25-26(4)24(21)29-20-14-10-7-11-15-20/h6-15,18H,5,16-17H2,1-4H3. The number of ether oxygens (including phenoxy) is 1. The van der Waals surface area contributed by atoms with Crippen LogP contribution >= 0.6 is 0 Å². The third-order valence-corrected chi connectivity index (χ3v) is 4.74. The first kappa shape index (κ1) is 20.6. The third-order valence-electron chi connectivity index (χ3n) is 4.74. The number of para-hydroxylation sites is 1. The molecule has 0 spiro atoms. The molecule has 5 heteroatoms. The van der Waals surface area contributed by atoms with Gasteiger partial charge >= 0.3 is 0 Å². The molecule has 0 saturated heterocycles. The van der Waals surface area contributed by atoms with Gasteiger partial charge in [0, 0.05) is 25.1 Å². The zero-order valence-electron chi connectivity index (χ0n) is 17.6. The molecule has 1 heterocycles. The summed E-state index contributed by atoms with van der Waals surface area (Å²) < 4.78 is 7.98. The zero-order chi connectivity index (χ0) is 20.8. The summed E-state index contributed by atoms with van der Waals surface area (Å²) in [6.45, 7) is 7.13. The maximum Gasteiger partial charge on any atom is 0.225 e. The Kier molecular flexibility index (Phi) is 6.70. The zero-order valence-corrected chi connectivity index (χ0v) is 17.6. The number of rotatable bonds is 8. The van der Waals surface area contributed by atoms with E-state index in [-0.39, 0.29) is 11.8 Å².